The van der Waals surface area contributed by atoms with Gasteiger partial charge in [0.1, 0.15) is 10.2 Å². The zero-order valence-electron chi connectivity index (χ0n) is 18.4. The van der Waals surface area contributed by atoms with Gasteiger partial charge >= 0.3 is 5.69 Å². The fourth-order valence-electron chi connectivity index (χ4n) is 4.61. The van der Waals surface area contributed by atoms with Gasteiger partial charge in [-0.05, 0) is 12.1 Å². The number of aromatic nitrogens is 4. The van der Waals surface area contributed by atoms with Crippen LogP contribution in [-0.4, -0.2) is 43.1 Å². The lowest BCUT2D eigenvalue weighted by Gasteiger charge is -2.16. The van der Waals surface area contributed by atoms with E-state index in [1.165, 1.54) is 23.0 Å². The highest BCUT2D eigenvalue weighted by Gasteiger charge is 2.35. The van der Waals surface area contributed by atoms with Crippen molar-refractivity contribution >= 4 is 33.8 Å². The molecule has 0 spiro atoms. The Bertz CT molecular complexity index is 1590. The number of aryl methyl sites for hydroxylation is 1. The Hall–Kier alpha value is -3.23. The quantitative estimate of drug-likeness (QED) is 0.464. The maximum atomic E-state index is 13.5. The number of benzene rings is 1. The monoisotopic (exact) mass is 497 g/mol. The highest BCUT2D eigenvalue weighted by Crippen LogP contribution is 2.41. The van der Waals surface area contributed by atoms with Crippen LogP contribution in [0.25, 0.3) is 22.2 Å². The molecule has 0 amide bonds. The Morgan fingerprint density at radius 2 is 2.12 bits per heavy atom. The number of nitrogens with zero attached hydrogens (tertiary/aromatic N) is 5. The largest absolute Gasteiger partial charge is 0.394 e. The van der Waals surface area contributed by atoms with Crippen molar-refractivity contribution in [3.63, 3.8) is 0 Å². The summed E-state index contributed by atoms with van der Waals surface area (Å²) >= 11 is 7.49. The molecule has 2 atom stereocenters. The van der Waals surface area contributed by atoms with Gasteiger partial charge in [0.15, 0.2) is 0 Å². The van der Waals surface area contributed by atoms with Crippen LogP contribution in [0, 0.1) is 11.3 Å². The van der Waals surface area contributed by atoms with E-state index >= 15 is 0 Å². The van der Waals surface area contributed by atoms with Gasteiger partial charge in [-0.2, -0.15) is 5.26 Å². The van der Waals surface area contributed by atoms with Gasteiger partial charge in [0, 0.05) is 25.0 Å². The molecule has 174 valence electrons. The number of nitriles is 1. The van der Waals surface area contributed by atoms with Gasteiger partial charge in [0.05, 0.1) is 65.7 Å². The van der Waals surface area contributed by atoms with Gasteiger partial charge in [-0.1, -0.05) is 23.7 Å². The third-order valence-corrected chi connectivity index (χ3v) is 7.46. The van der Waals surface area contributed by atoms with Crippen LogP contribution in [0.5, 0.6) is 0 Å². The molecule has 3 aromatic heterocycles. The van der Waals surface area contributed by atoms with Gasteiger partial charge in [-0.3, -0.25) is 13.9 Å². The van der Waals surface area contributed by atoms with E-state index in [0.29, 0.717) is 43.6 Å². The summed E-state index contributed by atoms with van der Waals surface area (Å²) in [7, 11) is 3.07. The molecule has 0 unspecified atom stereocenters. The lowest BCUT2D eigenvalue weighted by molar-refractivity contribution is 0.00850. The molecular formula is C23H20ClN5O4S. The van der Waals surface area contributed by atoms with Crippen LogP contribution < -0.4 is 11.2 Å². The van der Waals surface area contributed by atoms with Crippen molar-refractivity contribution < 1.29 is 9.84 Å². The second-order valence-electron chi connectivity index (χ2n) is 8.17. The number of aliphatic hydroxyl groups excluding tert-OH is 1. The van der Waals surface area contributed by atoms with Gasteiger partial charge in [0.25, 0.3) is 5.56 Å². The maximum Gasteiger partial charge on any atom is 0.331 e. The third kappa shape index (κ3) is 3.40. The van der Waals surface area contributed by atoms with Crippen molar-refractivity contribution in [2.45, 2.75) is 18.6 Å². The predicted molar refractivity (Wildman–Crippen MR) is 128 cm³/mol. The molecule has 1 aliphatic heterocycles. The first-order valence-electron chi connectivity index (χ1n) is 10.5. The van der Waals surface area contributed by atoms with Crippen molar-refractivity contribution in [2.75, 3.05) is 13.2 Å². The molecule has 1 aliphatic rings. The molecule has 9 nitrogen and oxygen atoms in total. The summed E-state index contributed by atoms with van der Waals surface area (Å²) in [5.74, 6) is -0.429. The molecule has 0 radical (unpaired) electrons. The topological polar surface area (TPSA) is 115 Å². The van der Waals surface area contributed by atoms with E-state index in [-0.39, 0.29) is 19.8 Å². The molecule has 0 aliphatic carbocycles. The lowest BCUT2D eigenvalue weighted by atomic mass is 10.0. The fraction of sp³-hybridized carbons (Fsp3) is 0.304. The average molecular weight is 498 g/mol. The summed E-state index contributed by atoms with van der Waals surface area (Å²) < 4.78 is 10.5. The van der Waals surface area contributed by atoms with Crippen LogP contribution in [0.15, 0.2) is 39.2 Å². The van der Waals surface area contributed by atoms with Gasteiger partial charge in [-0.25, -0.2) is 9.78 Å². The molecule has 4 heterocycles. The van der Waals surface area contributed by atoms with Crippen molar-refractivity contribution in [3.8, 4) is 17.3 Å². The maximum absolute atomic E-state index is 13.5. The third-order valence-electron chi connectivity index (χ3n) is 6.18. The summed E-state index contributed by atoms with van der Waals surface area (Å²) in [6, 6.07) is 9.11. The molecule has 0 saturated heterocycles. The molecule has 34 heavy (non-hydrogen) atoms. The first-order valence-corrected chi connectivity index (χ1v) is 11.8. The Labute approximate surface area is 202 Å². The highest BCUT2D eigenvalue weighted by molar-refractivity contribution is 7.10. The molecule has 1 aromatic carbocycles. The molecule has 11 heteroatoms. The minimum absolute atomic E-state index is 0.190. The van der Waals surface area contributed by atoms with Gasteiger partial charge in [0.2, 0.25) is 0 Å². The minimum atomic E-state index is -0.542. The molecule has 5 rings (SSSR count). The number of aliphatic hydroxyl groups is 1. The SMILES string of the molecule is Cn1c(=O)c2c(-c3cccc(C#N)c3)n3c(c2n(C)c1=O)[C@@H](c1nc(Cl)cs1)CO[C@H](CO)C3. The Kier molecular flexibility index (Phi) is 5.65. The van der Waals surface area contributed by atoms with E-state index < -0.39 is 23.3 Å². The molecule has 0 fully saturated rings. The van der Waals surface area contributed by atoms with Crippen LogP contribution in [-0.2, 0) is 25.4 Å². The first kappa shape index (κ1) is 22.6. The minimum Gasteiger partial charge on any atom is -0.394 e. The molecule has 0 bridgehead atoms. The Balaban J connectivity index is 1.98. The second kappa shape index (κ2) is 8.52. The highest BCUT2D eigenvalue weighted by atomic mass is 35.5. The number of hydrogen-bond acceptors (Lipinski definition) is 7. The average Bonchev–Trinajstić information content (AvgIpc) is 3.36. The van der Waals surface area contributed by atoms with Crippen molar-refractivity contribution in [3.05, 3.63) is 71.9 Å². The summed E-state index contributed by atoms with van der Waals surface area (Å²) in [4.78, 5) is 30.9. The van der Waals surface area contributed by atoms with Crippen LogP contribution in [0.1, 0.15) is 22.2 Å². The number of halogens is 1. The van der Waals surface area contributed by atoms with E-state index in [1.54, 1.807) is 30.6 Å². The zero-order chi connectivity index (χ0) is 24.1. The standard InChI is InChI=1S/C23H20ClN5O4S/c1-27-20-17(22(31)28(2)23(27)32)18(13-5-3-4-12(6-13)7-25)29-8-14(9-30)33-10-15(19(20)29)21-26-16(24)11-34-21/h3-6,11,14-15,30H,8-10H2,1-2H3/t14-,15-/m0/s1. The van der Waals surface area contributed by atoms with Crippen LogP contribution in [0.2, 0.25) is 5.15 Å². The normalized spacial score (nSPS) is 18.0. The zero-order valence-corrected chi connectivity index (χ0v) is 19.9. The smallest absolute Gasteiger partial charge is 0.331 e. The first-order chi connectivity index (χ1) is 16.3. The summed E-state index contributed by atoms with van der Waals surface area (Å²) in [5.41, 5.74) is 1.93. The van der Waals surface area contributed by atoms with E-state index in [4.69, 9.17) is 16.3 Å². The van der Waals surface area contributed by atoms with Crippen LogP contribution >= 0.6 is 22.9 Å². The van der Waals surface area contributed by atoms with E-state index in [2.05, 4.69) is 11.1 Å². The summed E-state index contributed by atoms with van der Waals surface area (Å²) in [6.45, 7) is 0.211. The molecule has 4 aromatic rings. The van der Waals surface area contributed by atoms with Crippen molar-refractivity contribution in [1.29, 1.82) is 5.26 Å². The summed E-state index contributed by atoms with van der Waals surface area (Å²) in [5, 5.41) is 22.6. The Morgan fingerprint density at radius 1 is 1.32 bits per heavy atom. The van der Waals surface area contributed by atoms with E-state index in [9.17, 15) is 20.0 Å². The van der Waals surface area contributed by atoms with Gasteiger partial charge < -0.3 is 14.4 Å². The molecular weight excluding hydrogens is 478 g/mol. The van der Waals surface area contributed by atoms with Crippen molar-refractivity contribution in [2.24, 2.45) is 14.1 Å². The molecule has 1 N–H and O–H groups in total. The predicted octanol–water partition coefficient (Wildman–Crippen LogP) is 2.21. The number of ether oxygens (including phenoxy) is 1. The van der Waals surface area contributed by atoms with Crippen LogP contribution in [0.3, 0.4) is 0 Å². The van der Waals surface area contributed by atoms with E-state index in [0.717, 1.165) is 4.57 Å². The Morgan fingerprint density at radius 3 is 2.79 bits per heavy atom. The number of rotatable bonds is 3. The number of thiazole rings is 1. The van der Waals surface area contributed by atoms with Gasteiger partial charge in [-0.15, -0.1) is 11.3 Å². The fourth-order valence-corrected chi connectivity index (χ4v) is 5.65. The van der Waals surface area contributed by atoms with E-state index in [1.807, 2.05) is 10.6 Å². The summed E-state index contributed by atoms with van der Waals surface area (Å²) in [6.07, 6.45) is -0.542. The second-order valence-corrected chi connectivity index (χ2v) is 9.44. The number of hydrogen-bond donors (Lipinski definition) is 1. The molecule has 0 saturated carbocycles. The van der Waals surface area contributed by atoms with Crippen molar-refractivity contribution in [1.82, 2.24) is 18.7 Å². The number of fused-ring (bicyclic) bond motifs is 3. The lowest BCUT2D eigenvalue weighted by Crippen LogP contribution is -2.37. The van der Waals surface area contributed by atoms with Crippen LogP contribution in [0.4, 0.5) is 0 Å².